The minimum atomic E-state index is 0.416. The first-order valence-electron chi connectivity index (χ1n) is 4.10. The SMILES string of the molecule is CCc1noc(N)c1-c1cccs1. The van der Waals surface area contributed by atoms with E-state index in [-0.39, 0.29) is 0 Å². The van der Waals surface area contributed by atoms with Gasteiger partial charge in [-0.15, -0.1) is 11.3 Å². The van der Waals surface area contributed by atoms with E-state index >= 15 is 0 Å². The maximum absolute atomic E-state index is 5.69. The minimum absolute atomic E-state index is 0.416. The molecule has 0 bridgehead atoms. The fourth-order valence-corrected chi connectivity index (χ4v) is 2.06. The largest absolute Gasteiger partial charge is 0.367 e. The lowest BCUT2D eigenvalue weighted by Crippen LogP contribution is -1.86. The molecule has 0 aliphatic carbocycles. The van der Waals surface area contributed by atoms with Gasteiger partial charge in [-0.25, -0.2) is 0 Å². The van der Waals surface area contributed by atoms with Crippen molar-refractivity contribution >= 4 is 17.2 Å². The summed E-state index contributed by atoms with van der Waals surface area (Å²) >= 11 is 1.64. The number of nitrogens with two attached hydrogens (primary N) is 1. The second kappa shape index (κ2) is 3.22. The molecule has 0 aliphatic rings. The third kappa shape index (κ3) is 1.33. The van der Waals surface area contributed by atoms with Crippen LogP contribution in [0.4, 0.5) is 5.88 Å². The molecule has 2 rings (SSSR count). The lowest BCUT2D eigenvalue weighted by Gasteiger charge is -1.94. The molecule has 0 atom stereocenters. The molecule has 0 aliphatic heterocycles. The number of hydrogen-bond acceptors (Lipinski definition) is 4. The first kappa shape index (κ1) is 8.31. The third-order valence-corrected chi connectivity index (χ3v) is 2.78. The van der Waals surface area contributed by atoms with Crippen molar-refractivity contribution in [2.75, 3.05) is 5.73 Å². The van der Waals surface area contributed by atoms with Crippen LogP contribution in [0.3, 0.4) is 0 Å². The predicted octanol–water partition coefficient (Wildman–Crippen LogP) is 2.55. The number of hydrogen-bond donors (Lipinski definition) is 1. The first-order chi connectivity index (χ1) is 6.33. The fraction of sp³-hybridized carbons (Fsp3) is 0.222. The van der Waals surface area contributed by atoms with Gasteiger partial charge in [0.1, 0.15) is 0 Å². The number of anilines is 1. The van der Waals surface area contributed by atoms with Gasteiger partial charge < -0.3 is 10.3 Å². The van der Waals surface area contributed by atoms with E-state index in [0.717, 1.165) is 22.6 Å². The van der Waals surface area contributed by atoms with E-state index in [9.17, 15) is 0 Å². The molecule has 2 aromatic rings. The Bertz CT molecular complexity index is 392. The number of aromatic nitrogens is 1. The highest BCUT2D eigenvalue weighted by Crippen LogP contribution is 2.32. The van der Waals surface area contributed by atoms with Crippen molar-refractivity contribution in [3.8, 4) is 10.4 Å². The molecule has 2 N–H and O–H groups in total. The van der Waals surface area contributed by atoms with E-state index in [1.807, 2.05) is 24.4 Å². The Morgan fingerprint density at radius 3 is 3.08 bits per heavy atom. The van der Waals surface area contributed by atoms with Gasteiger partial charge in [-0.2, -0.15) is 0 Å². The summed E-state index contributed by atoms with van der Waals surface area (Å²) in [6.45, 7) is 2.04. The molecule has 0 radical (unpaired) electrons. The van der Waals surface area contributed by atoms with Crippen molar-refractivity contribution in [1.82, 2.24) is 5.16 Å². The number of nitrogens with zero attached hydrogens (tertiary/aromatic N) is 1. The van der Waals surface area contributed by atoms with Crippen LogP contribution in [-0.2, 0) is 6.42 Å². The molecule has 0 fully saturated rings. The highest BCUT2D eigenvalue weighted by Gasteiger charge is 2.14. The van der Waals surface area contributed by atoms with E-state index in [1.54, 1.807) is 11.3 Å². The molecule has 2 aromatic heterocycles. The number of nitrogen functional groups attached to an aromatic ring is 1. The Morgan fingerprint density at radius 1 is 1.62 bits per heavy atom. The summed E-state index contributed by atoms with van der Waals surface area (Å²) in [6, 6.07) is 4.01. The summed E-state index contributed by atoms with van der Waals surface area (Å²) in [5.74, 6) is 0.416. The number of rotatable bonds is 2. The zero-order valence-electron chi connectivity index (χ0n) is 7.28. The van der Waals surface area contributed by atoms with Crippen LogP contribution >= 0.6 is 11.3 Å². The van der Waals surface area contributed by atoms with Gasteiger partial charge >= 0.3 is 0 Å². The fourth-order valence-electron chi connectivity index (χ4n) is 1.26. The van der Waals surface area contributed by atoms with Gasteiger partial charge in [-0.1, -0.05) is 18.1 Å². The maximum Gasteiger partial charge on any atom is 0.231 e. The smallest absolute Gasteiger partial charge is 0.231 e. The van der Waals surface area contributed by atoms with Crippen molar-refractivity contribution < 1.29 is 4.52 Å². The molecule has 68 valence electrons. The topological polar surface area (TPSA) is 52.0 Å². The lowest BCUT2D eigenvalue weighted by atomic mass is 10.1. The second-order valence-electron chi connectivity index (χ2n) is 2.70. The lowest BCUT2D eigenvalue weighted by molar-refractivity contribution is 0.428. The molecule has 3 nitrogen and oxygen atoms in total. The average molecular weight is 194 g/mol. The van der Waals surface area contributed by atoms with Gasteiger partial charge in [-0.05, 0) is 17.9 Å². The molecule has 0 aromatic carbocycles. The Kier molecular flexibility index (Phi) is 2.06. The predicted molar refractivity (Wildman–Crippen MR) is 53.6 cm³/mol. The Hall–Kier alpha value is -1.29. The Morgan fingerprint density at radius 2 is 2.46 bits per heavy atom. The highest BCUT2D eigenvalue weighted by molar-refractivity contribution is 7.13. The van der Waals surface area contributed by atoms with E-state index in [0.29, 0.717) is 5.88 Å². The van der Waals surface area contributed by atoms with Gasteiger partial charge in [-0.3, -0.25) is 0 Å². The van der Waals surface area contributed by atoms with Crippen LogP contribution in [0.15, 0.2) is 22.0 Å². The van der Waals surface area contributed by atoms with Crippen LogP contribution in [0.1, 0.15) is 12.6 Å². The molecule has 0 saturated carbocycles. The molecule has 0 spiro atoms. The first-order valence-corrected chi connectivity index (χ1v) is 4.98. The molecule has 2 heterocycles. The van der Waals surface area contributed by atoms with Crippen LogP contribution in [0.5, 0.6) is 0 Å². The summed E-state index contributed by atoms with van der Waals surface area (Å²) in [5.41, 5.74) is 7.57. The van der Waals surface area contributed by atoms with E-state index in [2.05, 4.69) is 5.16 Å². The molecule has 4 heteroatoms. The minimum Gasteiger partial charge on any atom is -0.367 e. The molecular weight excluding hydrogens is 184 g/mol. The molecule has 0 amide bonds. The van der Waals surface area contributed by atoms with E-state index < -0.39 is 0 Å². The molecule has 0 unspecified atom stereocenters. The average Bonchev–Trinajstić information content (AvgIpc) is 2.72. The zero-order chi connectivity index (χ0) is 9.26. The van der Waals surface area contributed by atoms with Crippen LogP contribution in [0, 0.1) is 0 Å². The van der Waals surface area contributed by atoms with Crippen LogP contribution in [0.2, 0.25) is 0 Å². The zero-order valence-corrected chi connectivity index (χ0v) is 8.10. The number of thiophene rings is 1. The van der Waals surface area contributed by atoms with Gasteiger partial charge in [0.25, 0.3) is 0 Å². The summed E-state index contributed by atoms with van der Waals surface area (Å²) in [7, 11) is 0. The third-order valence-electron chi connectivity index (χ3n) is 1.89. The highest BCUT2D eigenvalue weighted by atomic mass is 32.1. The van der Waals surface area contributed by atoms with Gasteiger partial charge in [0.2, 0.25) is 5.88 Å². The van der Waals surface area contributed by atoms with E-state index in [4.69, 9.17) is 10.3 Å². The van der Waals surface area contributed by atoms with Crippen LogP contribution in [-0.4, -0.2) is 5.16 Å². The maximum atomic E-state index is 5.69. The molecule has 13 heavy (non-hydrogen) atoms. The van der Waals surface area contributed by atoms with Crippen molar-refractivity contribution in [2.24, 2.45) is 0 Å². The standard InChI is InChI=1S/C9H10N2OS/c1-2-6-8(9(10)12-11-6)7-4-3-5-13-7/h3-5H,2,10H2,1H3. The summed E-state index contributed by atoms with van der Waals surface area (Å²) < 4.78 is 4.94. The summed E-state index contributed by atoms with van der Waals surface area (Å²) in [5, 5.41) is 5.91. The van der Waals surface area contributed by atoms with Crippen molar-refractivity contribution in [2.45, 2.75) is 13.3 Å². The number of aryl methyl sites for hydroxylation is 1. The van der Waals surface area contributed by atoms with Crippen molar-refractivity contribution in [1.29, 1.82) is 0 Å². The van der Waals surface area contributed by atoms with Crippen molar-refractivity contribution in [3.05, 3.63) is 23.2 Å². The summed E-state index contributed by atoms with van der Waals surface area (Å²) in [4.78, 5) is 1.12. The molecular formula is C9H10N2OS. The van der Waals surface area contributed by atoms with Crippen LogP contribution in [0.25, 0.3) is 10.4 Å². The normalized spacial score (nSPS) is 10.5. The Labute approximate surface area is 80.2 Å². The monoisotopic (exact) mass is 194 g/mol. The molecule has 0 saturated heterocycles. The van der Waals surface area contributed by atoms with Gasteiger partial charge in [0, 0.05) is 4.88 Å². The van der Waals surface area contributed by atoms with Crippen molar-refractivity contribution in [3.63, 3.8) is 0 Å². The van der Waals surface area contributed by atoms with E-state index in [1.165, 1.54) is 0 Å². The van der Waals surface area contributed by atoms with Crippen LogP contribution < -0.4 is 5.73 Å². The Balaban J connectivity index is 2.55. The second-order valence-corrected chi connectivity index (χ2v) is 3.65. The quantitative estimate of drug-likeness (QED) is 0.799. The van der Waals surface area contributed by atoms with Gasteiger partial charge in [0.05, 0.1) is 11.3 Å². The van der Waals surface area contributed by atoms with Gasteiger partial charge in [0.15, 0.2) is 0 Å². The summed E-state index contributed by atoms with van der Waals surface area (Å²) in [6.07, 6.45) is 0.841.